The summed E-state index contributed by atoms with van der Waals surface area (Å²) in [6, 6.07) is 5.17. The highest BCUT2D eigenvalue weighted by molar-refractivity contribution is 7.88. The number of nitrogens with one attached hydrogen (secondary N) is 4. The molecule has 5 atom stereocenters. The van der Waals surface area contributed by atoms with Crippen molar-refractivity contribution in [2.75, 3.05) is 6.54 Å². The average molecular weight is 771 g/mol. The lowest BCUT2D eigenvalue weighted by Gasteiger charge is -2.30. The van der Waals surface area contributed by atoms with Gasteiger partial charge in [-0.2, -0.15) is 13.1 Å². The van der Waals surface area contributed by atoms with Crippen molar-refractivity contribution in [3.8, 4) is 0 Å². The summed E-state index contributed by atoms with van der Waals surface area (Å²) in [7, 11) is -4.24. The molecule has 5 aliphatic rings. The molecule has 3 aliphatic heterocycles. The highest BCUT2D eigenvalue weighted by Gasteiger charge is 2.62. The number of ether oxygens (including phenoxy) is 2. The molecule has 6 rings (SSSR count). The van der Waals surface area contributed by atoms with Gasteiger partial charge in [0.05, 0.1) is 6.54 Å². The van der Waals surface area contributed by atoms with Gasteiger partial charge in [0.1, 0.15) is 29.3 Å². The van der Waals surface area contributed by atoms with Crippen LogP contribution in [-0.4, -0.2) is 90.0 Å². The maximum atomic E-state index is 14.4. The maximum Gasteiger partial charge on any atom is 0.410 e. The number of allylic oxidation sites excluding steroid dienone is 1. The predicted octanol–water partition coefficient (Wildman–Crippen LogP) is 3.68. The number of hydrogen-bond donors (Lipinski definition) is 4. The predicted molar refractivity (Wildman–Crippen MR) is 198 cm³/mol. The van der Waals surface area contributed by atoms with Crippen molar-refractivity contribution >= 4 is 40.1 Å². The zero-order chi connectivity index (χ0) is 38.7. The van der Waals surface area contributed by atoms with Gasteiger partial charge >= 0.3 is 22.4 Å². The Balaban J connectivity index is 1.23. The first-order chi connectivity index (χ1) is 25.6. The van der Waals surface area contributed by atoms with E-state index in [0.717, 1.165) is 43.2 Å². The fourth-order valence-electron chi connectivity index (χ4n) is 7.98. The van der Waals surface area contributed by atoms with E-state index in [4.69, 9.17) is 9.47 Å². The molecule has 0 spiro atoms. The topological polar surface area (TPSA) is 193 Å². The maximum absolute atomic E-state index is 14.4. The molecule has 5 amide bonds. The Hall–Kier alpha value is -4.18. The van der Waals surface area contributed by atoms with Crippen molar-refractivity contribution in [2.45, 2.75) is 146 Å². The molecule has 1 aromatic rings. The van der Waals surface area contributed by atoms with Crippen LogP contribution in [-0.2, 0) is 47.2 Å². The number of hydrogen-bond acceptors (Lipinski definition) is 9. The second-order valence-electron chi connectivity index (χ2n) is 16.3. The molecule has 1 aromatic carbocycles. The Morgan fingerprint density at radius 3 is 2.30 bits per heavy atom. The smallest absolute Gasteiger partial charge is 0.410 e. The molecule has 0 bridgehead atoms. The molecule has 16 heteroatoms. The van der Waals surface area contributed by atoms with E-state index in [2.05, 4.69) is 20.1 Å². The molecule has 2 aliphatic carbocycles. The van der Waals surface area contributed by atoms with Crippen LogP contribution in [0.15, 0.2) is 36.4 Å². The van der Waals surface area contributed by atoms with E-state index < -0.39 is 75.4 Å². The van der Waals surface area contributed by atoms with Crippen LogP contribution in [0.25, 0.3) is 0 Å². The fourth-order valence-corrected chi connectivity index (χ4v) is 9.14. The van der Waals surface area contributed by atoms with Gasteiger partial charge in [0, 0.05) is 31.5 Å². The average Bonchev–Trinajstić information content (AvgIpc) is 3.40. The minimum atomic E-state index is -4.24. The molecule has 296 valence electrons. The van der Waals surface area contributed by atoms with Gasteiger partial charge in [-0.25, -0.2) is 14.3 Å². The Kier molecular flexibility index (Phi) is 11.9. The summed E-state index contributed by atoms with van der Waals surface area (Å²) in [5.41, 5.74) is -0.383. The van der Waals surface area contributed by atoms with Crippen molar-refractivity contribution in [1.82, 2.24) is 29.9 Å². The summed E-state index contributed by atoms with van der Waals surface area (Å²) in [5, 5.41) is 5.54. The largest absolute Gasteiger partial charge is 0.444 e. The summed E-state index contributed by atoms with van der Waals surface area (Å²) in [5.74, 6) is -2.58. The summed E-state index contributed by atoms with van der Waals surface area (Å²) >= 11 is 0. The lowest BCUT2D eigenvalue weighted by Crippen LogP contribution is -2.59. The fraction of sp³-hybridized carbons (Fsp3) is 0.658. The van der Waals surface area contributed by atoms with Crippen LogP contribution in [0, 0.1) is 5.92 Å². The summed E-state index contributed by atoms with van der Waals surface area (Å²) in [6.45, 7) is 5.74. The quantitative estimate of drug-likeness (QED) is 0.313. The third kappa shape index (κ3) is 9.73. The van der Waals surface area contributed by atoms with E-state index in [1.165, 1.54) is 4.90 Å². The van der Waals surface area contributed by atoms with Gasteiger partial charge in [-0.3, -0.25) is 19.3 Å². The third-order valence-electron chi connectivity index (χ3n) is 10.9. The first-order valence-electron chi connectivity index (χ1n) is 19.3. The Bertz CT molecular complexity index is 1710. The molecule has 1 saturated heterocycles. The van der Waals surface area contributed by atoms with E-state index in [1.54, 1.807) is 25.7 Å². The van der Waals surface area contributed by atoms with Crippen molar-refractivity contribution in [3.05, 3.63) is 47.5 Å². The monoisotopic (exact) mass is 770 g/mol. The molecule has 0 aromatic heterocycles. The van der Waals surface area contributed by atoms with Gasteiger partial charge in [0.25, 0.3) is 5.91 Å². The highest BCUT2D eigenvalue weighted by Crippen LogP contribution is 2.46. The lowest BCUT2D eigenvalue weighted by atomic mass is 9.96. The number of carbonyl (C=O) groups excluding carboxylic acids is 5. The minimum Gasteiger partial charge on any atom is -0.444 e. The van der Waals surface area contributed by atoms with E-state index in [-0.39, 0.29) is 31.8 Å². The van der Waals surface area contributed by atoms with E-state index >= 15 is 0 Å². The number of nitrogens with zero attached hydrogens (tertiary/aromatic N) is 2. The molecule has 54 heavy (non-hydrogen) atoms. The van der Waals surface area contributed by atoms with Gasteiger partial charge in [0.2, 0.25) is 11.8 Å². The van der Waals surface area contributed by atoms with Gasteiger partial charge in [-0.1, -0.05) is 68.5 Å². The zero-order valence-electron chi connectivity index (χ0n) is 31.4. The van der Waals surface area contributed by atoms with E-state index in [1.807, 2.05) is 36.4 Å². The standard InChI is InChI=1S/C38H54N6O9S/c1-37(2,3)53-35(48)39-30-19-11-6-4-5-8-16-27-21-38(27,34(47)42-54(50,51)41-28-17-9-7-10-18-28)40-32(45)31-20-29(24-44(31)33(30)46)52-36(49)43-22-25-14-12-13-15-26(25)23-43/h8,12-16,27-31,41H,4-7,9-11,17-24H2,1-3H3,(H,39,48)(H,40,45)(H,42,47)/b16-8-/t27-,29+,30-,31-,38+/m0/s1. The second-order valence-corrected chi connectivity index (χ2v) is 17.7. The first-order valence-corrected chi connectivity index (χ1v) is 20.8. The summed E-state index contributed by atoms with van der Waals surface area (Å²) in [6.07, 6.45) is 8.84. The van der Waals surface area contributed by atoms with Crippen LogP contribution in [0.2, 0.25) is 0 Å². The van der Waals surface area contributed by atoms with Crippen molar-refractivity contribution in [2.24, 2.45) is 5.92 Å². The van der Waals surface area contributed by atoms with Crippen LogP contribution in [0.1, 0.15) is 109 Å². The lowest BCUT2D eigenvalue weighted by molar-refractivity contribution is -0.141. The first kappa shape index (κ1) is 39.5. The van der Waals surface area contributed by atoms with Crippen molar-refractivity contribution < 1.29 is 41.9 Å². The zero-order valence-corrected chi connectivity index (χ0v) is 32.3. The Morgan fingerprint density at radius 2 is 1.61 bits per heavy atom. The van der Waals surface area contributed by atoms with E-state index in [0.29, 0.717) is 38.8 Å². The molecule has 4 N–H and O–H groups in total. The number of amides is 5. The molecule has 0 radical (unpaired) electrons. The molecule has 3 fully saturated rings. The van der Waals surface area contributed by atoms with Gasteiger partial charge in [0.15, 0.2) is 0 Å². The van der Waals surface area contributed by atoms with Crippen LogP contribution in [0.3, 0.4) is 0 Å². The second kappa shape index (κ2) is 16.3. The van der Waals surface area contributed by atoms with Crippen LogP contribution >= 0.6 is 0 Å². The summed E-state index contributed by atoms with van der Waals surface area (Å²) in [4.78, 5) is 71.8. The number of alkyl carbamates (subject to hydrolysis) is 1. The van der Waals surface area contributed by atoms with Gasteiger partial charge in [-0.15, -0.1) is 0 Å². The molecule has 2 saturated carbocycles. The molecule has 0 unspecified atom stereocenters. The number of benzene rings is 1. The minimum absolute atomic E-state index is 0.0665. The molecule has 15 nitrogen and oxygen atoms in total. The van der Waals surface area contributed by atoms with Crippen LogP contribution < -0.4 is 20.1 Å². The van der Waals surface area contributed by atoms with Gasteiger partial charge < -0.3 is 25.0 Å². The Labute approximate surface area is 317 Å². The number of fused-ring (bicyclic) bond motifs is 3. The number of rotatable bonds is 6. The van der Waals surface area contributed by atoms with Crippen molar-refractivity contribution in [3.63, 3.8) is 0 Å². The third-order valence-corrected chi connectivity index (χ3v) is 12.0. The Morgan fingerprint density at radius 1 is 0.944 bits per heavy atom. The molecular formula is C38H54N6O9S. The van der Waals surface area contributed by atoms with E-state index in [9.17, 15) is 32.4 Å². The van der Waals surface area contributed by atoms with Crippen LogP contribution in [0.5, 0.6) is 0 Å². The SMILES string of the molecule is CC(C)(C)OC(=O)N[C@H]1CCCCC/C=C\[C@H]2C[C@@]2(C(=O)NS(=O)(=O)NC2CCCCC2)NC(=O)[C@@H]2C[C@@H](OC(=O)N3Cc4ccccc4C3)CN2C1=O. The summed E-state index contributed by atoms with van der Waals surface area (Å²) < 4.78 is 42.4. The normalized spacial score (nSPS) is 28.6. The van der Waals surface area contributed by atoms with Crippen LogP contribution in [0.4, 0.5) is 9.59 Å². The molecular weight excluding hydrogens is 717 g/mol. The molecule has 3 heterocycles. The van der Waals surface area contributed by atoms with Crippen molar-refractivity contribution in [1.29, 1.82) is 0 Å². The highest BCUT2D eigenvalue weighted by atomic mass is 32.2. The number of carbonyl (C=O) groups is 5. The van der Waals surface area contributed by atoms with Gasteiger partial charge in [-0.05, 0) is 70.4 Å².